The molecule has 0 amide bonds. The maximum atomic E-state index is 10.8. The Balaban J connectivity index is 1.50. The Hall–Kier alpha value is -0.530. The van der Waals surface area contributed by atoms with Crippen LogP contribution in [0.4, 0.5) is 0 Å². The molecule has 4 saturated carbocycles. The van der Waals surface area contributed by atoms with Crippen LogP contribution in [0.1, 0.15) is 58.3 Å². The summed E-state index contributed by atoms with van der Waals surface area (Å²) < 4.78 is 0. The Morgan fingerprint density at radius 3 is 2.17 bits per heavy atom. The maximum absolute atomic E-state index is 10.8. The molecule has 2 nitrogen and oxygen atoms in total. The lowest BCUT2D eigenvalue weighted by Gasteiger charge is -2.54. The molecular weight excluding hydrogens is 224 g/mol. The van der Waals surface area contributed by atoms with Gasteiger partial charge in [0.25, 0.3) is 0 Å². The van der Waals surface area contributed by atoms with E-state index >= 15 is 0 Å². The minimum Gasteiger partial charge on any atom is -0.481 e. The Morgan fingerprint density at radius 1 is 1.11 bits per heavy atom. The predicted molar refractivity (Wildman–Crippen MR) is 71.2 cm³/mol. The summed E-state index contributed by atoms with van der Waals surface area (Å²) in [6, 6.07) is 0. The summed E-state index contributed by atoms with van der Waals surface area (Å²) in [6.45, 7) is 1.85. The molecule has 2 heteroatoms. The van der Waals surface area contributed by atoms with Crippen LogP contribution in [0.5, 0.6) is 0 Å². The van der Waals surface area contributed by atoms with Crippen molar-refractivity contribution in [3.63, 3.8) is 0 Å². The zero-order chi connectivity index (χ0) is 12.7. The molecule has 18 heavy (non-hydrogen) atoms. The van der Waals surface area contributed by atoms with Gasteiger partial charge in [-0.1, -0.05) is 13.3 Å². The Bertz CT molecular complexity index is 295. The van der Waals surface area contributed by atoms with Crippen LogP contribution in [0, 0.1) is 35.5 Å². The topological polar surface area (TPSA) is 37.3 Å². The fourth-order valence-electron chi connectivity index (χ4n) is 5.29. The van der Waals surface area contributed by atoms with E-state index in [0.29, 0.717) is 0 Å². The van der Waals surface area contributed by atoms with Gasteiger partial charge in [-0.05, 0) is 74.5 Å². The monoisotopic (exact) mass is 250 g/mol. The summed E-state index contributed by atoms with van der Waals surface area (Å²) in [7, 11) is 0. The predicted octanol–water partition coefficient (Wildman–Crippen LogP) is 3.95. The summed E-state index contributed by atoms with van der Waals surface area (Å²) in [4.78, 5) is 10.8. The van der Waals surface area contributed by atoms with Gasteiger partial charge < -0.3 is 5.11 Å². The van der Waals surface area contributed by atoms with Crippen molar-refractivity contribution in [2.75, 3.05) is 0 Å². The van der Waals surface area contributed by atoms with Gasteiger partial charge in [-0.2, -0.15) is 0 Å². The van der Waals surface area contributed by atoms with Crippen LogP contribution in [-0.2, 0) is 4.79 Å². The van der Waals surface area contributed by atoms with Crippen LogP contribution >= 0.6 is 0 Å². The average molecular weight is 250 g/mol. The molecule has 4 aliphatic rings. The first-order valence-electron chi connectivity index (χ1n) is 7.86. The second-order valence-electron chi connectivity index (χ2n) is 7.26. The van der Waals surface area contributed by atoms with Crippen LogP contribution in [0.25, 0.3) is 0 Å². The van der Waals surface area contributed by atoms with Crippen molar-refractivity contribution in [3.05, 3.63) is 0 Å². The highest BCUT2D eigenvalue weighted by Gasteiger charge is 2.47. The molecule has 0 heterocycles. The molecule has 0 spiro atoms. The highest BCUT2D eigenvalue weighted by Crippen LogP contribution is 2.57. The summed E-state index contributed by atoms with van der Waals surface area (Å²) in [5.74, 6) is 4.28. The van der Waals surface area contributed by atoms with E-state index in [9.17, 15) is 4.79 Å². The third kappa shape index (κ3) is 2.31. The standard InChI is InChI=1S/C16H26O2/c1-10(16(17)18)3-2-4-15-13-6-11-5-12(8-13)9-14(15)7-11/h10-15H,2-9H2,1H3,(H,17,18). The van der Waals surface area contributed by atoms with Crippen LogP contribution in [0.15, 0.2) is 0 Å². The van der Waals surface area contributed by atoms with Gasteiger partial charge in [-0.25, -0.2) is 0 Å². The van der Waals surface area contributed by atoms with E-state index in [4.69, 9.17) is 5.11 Å². The second kappa shape index (κ2) is 4.86. The first-order chi connectivity index (χ1) is 8.63. The molecule has 1 N–H and O–H groups in total. The van der Waals surface area contributed by atoms with Crippen LogP contribution in [-0.4, -0.2) is 11.1 Å². The number of aliphatic carboxylic acids is 1. The average Bonchev–Trinajstić information content (AvgIpc) is 2.31. The molecule has 1 unspecified atom stereocenters. The molecule has 4 aliphatic carbocycles. The highest BCUT2D eigenvalue weighted by molar-refractivity contribution is 5.69. The molecule has 0 saturated heterocycles. The maximum Gasteiger partial charge on any atom is 0.306 e. The first-order valence-corrected chi connectivity index (χ1v) is 7.86. The fourth-order valence-corrected chi connectivity index (χ4v) is 5.29. The number of carbonyl (C=O) groups is 1. The van der Waals surface area contributed by atoms with Gasteiger partial charge in [0.2, 0.25) is 0 Å². The number of rotatable bonds is 5. The minimum atomic E-state index is -0.625. The molecular formula is C16H26O2. The van der Waals surface area contributed by atoms with Crippen molar-refractivity contribution in [3.8, 4) is 0 Å². The van der Waals surface area contributed by atoms with Gasteiger partial charge in [0.1, 0.15) is 0 Å². The van der Waals surface area contributed by atoms with Crippen molar-refractivity contribution in [1.82, 2.24) is 0 Å². The number of carboxylic acid groups (broad SMARTS) is 1. The van der Waals surface area contributed by atoms with Crippen molar-refractivity contribution < 1.29 is 9.90 Å². The molecule has 0 radical (unpaired) electrons. The van der Waals surface area contributed by atoms with Gasteiger partial charge in [0.05, 0.1) is 5.92 Å². The normalized spacial score (nSPS) is 43.1. The molecule has 4 fully saturated rings. The molecule has 4 bridgehead atoms. The molecule has 0 aromatic carbocycles. The van der Waals surface area contributed by atoms with E-state index in [1.54, 1.807) is 0 Å². The lowest BCUT2D eigenvalue weighted by Crippen LogP contribution is -2.45. The summed E-state index contributed by atoms with van der Waals surface area (Å²) in [5.41, 5.74) is 0. The highest BCUT2D eigenvalue weighted by atomic mass is 16.4. The molecule has 1 atom stereocenters. The van der Waals surface area contributed by atoms with Gasteiger partial charge in [-0.15, -0.1) is 0 Å². The Morgan fingerprint density at radius 2 is 1.67 bits per heavy atom. The van der Waals surface area contributed by atoms with Gasteiger partial charge >= 0.3 is 5.97 Å². The zero-order valence-corrected chi connectivity index (χ0v) is 11.5. The molecule has 4 rings (SSSR count). The number of carboxylic acids is 1. The third-order valence-electron chi connectivity index (χ3n) is 6.02. The summed E-state index contributed by atoms with van der Waals surface area (Å²) in [5, 5.41) is 8.92. The van der Waals surface area contributed by atoms with E-state index in [-0.39, 0.29) is 5.92 Å². The lowest BCUT2D eigenvalue weighted by atomic mass is 9.51. The van der Waals surface area contributed by atoms with E-state index < -0.39 is 5.97 Å². The van der Waals surface area contributed by atoms with Crippen molar-refractivity contribution >= 4 is 5.97 Å². The molecule has 0 aliphatic heterocycles. The molecule has 102 valence electrons. The van der Waals surface area contributed by atoms with Gasteiger partial charge in [0.15, 0.2) is 0 Å². The zero-order valence-electron chi connectivity index (χ0n) is 11.5. The lowest BCUT2D eigenvalue weighted by molar-refractivity contribution is -0.141. The number of hydrogen-bond donors (Lipinski definition) is 1. The van der Waals surface area contributed by atoms with Crippen molar-refractivity contribution in [2.45, 2.75) is 58.3 Å². The number of hydrogen-bond acceptors (Lipinski definition) is 1. The van der Waals surface area contributed by atoms with Gasteiger partial charge in [-0.3, -0.25) is 4.79 Å². The smallest absolute Gasteiger partial charge is 0.306 e. The van der Waals surface area contributed by atoms with Crippen LogP contribution < -0.4 is 0 Å². The van der Waals surface area contributed by atoms with E-state index in [2.05, 4.69) is 0 Å². The quantitative estimate of drug-likeness (QED) is 0.802. The Kier molecular flexibility index (Phi) is 3.38. The van der Waals surface area contributed by atoms with Crippen molar-refractivity contribution in [2.24, 2.45) is 35.5 Å². The minimum absolute atomic E-state index is 0.151. The molecule has 0 aromatic rings. The summed E-state index contributed by atoms with van der Waals surface area (Å²) >= 11 is 0. The third-order valence-corrected chi connectivity index (χ3v) is 6.02. The van der Waals surface area contributed by atoms with Crippen LogP contribution in [0.3, 0.4) is 0 Å². The largest absolute Gasteiger partial charge is 0.481 e. The summed E-state index contributed by atoms with van der Waals surface area (Å²) in [6.07, 6.45) is 10.8. The van der Waals surface area contributed by atoms with Gasteiger partial charge in [0, 0.05) is 0 Å². The van der Waals surface area contributed by atoms with E-state index in [0.717, 1.165) is 42.4 Å². The van der Waals surface area contributed by atoms with Crippen LogP contribution in [0.2, 0.25) is 0 Å². The second-order valence-corrected chi connectivity index (χ2v) is 7.26. The first kappa shape index (κ1) is 12.5. The Labute approximate surface area is 110 Å². The van der Waals surface area contributed by atoms with E-state index in [1.807, 2.05) is 6.92 Å². The molecule has 0 aromatic heterocycles. The SMILES string of the molecule is CC(CCCC1C2CC3CC(C2)CC1C3)C(=O)O. The van der Waals surface area contributed by atoms with E-state index in [1.165, 1.54) is 38.5 Å². The fraction of sp³-hybridized carbons (Fsp3) is 0.938. The van der Waals surface area contributed by atoms with Crippen molar-refractivity contribution in [1.29, 1.82) is 0 Å².